The average Bonchev–Trinajstić information content (AvgIpc) is 2.76. The van der Waals surface area contributed by atoms with E-state index in [1.165, 1.54) is 0 Å². The number of aliphatic carboxylic acids is 1. The number of ether oxygens (including phenoxy) is 1. The fourth-order valence-corrected chi connectivity index (χ4v) is 3.10. The first kappa shape index (κ1) is 16.8. The highest BCUT2D eigenvalue weighted by Crippen LogP contribution is 2.37. The van der Waals surface area contributed by atoms with Gasteiger partial charge in [-0.1, -0.05) is 22.0 Å². The van der Waals surface area contributed by atoms with Gasteiger partial charge in [0.25, 0.3) is 0 Å². The summed E-state index contributed by atoms with van der Waals surface area (Å²) >= 11 is 3.41. The molecule has 0 aliphatic heterocycles. The van der Waals surface area contributed by atoms with Crippen molar-refractivity contribution in [2.24, 2.45) is 0 Å². The zero-order valence-electron chi connectivity index (χ0n) is 12.9. The number of hydrogen-bond donors (Lipinski definition) is 2. The van der Waals surface area contributed by atoms with E-state index in [0.717, 1.165) is 22.0 Å². The van der Waals surface area contributed by atoms with E-state index < -0.39 is 23.7 Å². The number of rotatable bonds is 3. The molecule has 6 heteroatoms. The maximum absolute atomic E-state index is 11.9. The van der Waals surface area contributed by atoms with E-state index in [1.54, 1.807) is 20.8 Å². The third kappa shape index (κ3) is 4.00. The summed E-state index contributed by atoms with van der Waals surface area (Å²) in [5, 5.41) is 12.0. The smallest absolute Gasteiger partial charge is 0.408 e. The maximum atomic E-state index is 11.9. The Hall–Kier alpha value is -1.56. The highest BCUT2D eigenvalue weighted by molar-refractivity contribution is 9.10. The Morgan fingerprint density at radius 3 is 2.68 bits per heavy atom. The van der Waals surface area contributed by atoms with E-state index in [4.69, 9.17) is 4.74 Å². The van der Waals surface area contributed by atoms with Crippen LogP contribution in [0.4, 0.5) is 4.79 Å². The molecule has 120 valence electrons. The van der Waals surface area contributed by atoms with Crippen LogP contribution >= 0.6 is 15.9 Å². The van der Waals surface area contributed by atoms with Crippen LogP contribution in [-0.2, 0) is 16.0 Å². The number of carboxylic acids is 1. The highest BCUT2D eigenvalue weighted by atomic mass is 79.9. The van der Waals surface area contributed by atoms with Crippen LogP contribution in [-0.4, -0.2) is 28.8 Å². The molecule has 1 aromatic carbocycles. The van der Waals surface area contributed by atoms with Crippen LogP contribution in [0.25, 0.3) is 0 Å². The van der Waals surface area contributed by atoms with Crippen molar-refractivity contribution in [3.63, 3.8) is 0 Å². The molecular formula is C16H20BrNO4. The first-order valence-corrected chi connectivity index (χ1v) is 7.97. The normalized spacial score (nSPS) is 18.5. The standard InChI is InChI=1S/C16H20BrNO4/c1-16(2,3)22-15(21)18-13(14(19)20)11-7-5-9-4-6-10(17)8-12(9)11/h4,6,8,11,13H,5,7H2,1-3H3,(H,18,21)(H,19,20). The minimum Gasteiger partial charge on any atom is -0.480 e. The Labute approximate surface area is 138 Å². The number of carboxylic acid groups (broad SMARTS) is 1. The number of halogens is 1. The summed E-state index contributed by atoms with van der Waals surface area (Å²) in [6.07, 6.45) is 0.800. The molecule has 0 bridgehead atoms. The van der Waals surface area contributed by atoms with Crippen molar-refractivity contribution < 1.29 is 19.4 Å². The summed E-state index contributed by atoms with van der Waals surface area (Å²) in [6.45, 7) is 5.22. The van der Waals surface area contributed by atoms with Crippen LogP contribution in [0.2, 0.25) is 0 Å². The summed E-state index contributed by atoms with van der Waals surface area (Å²) in [5.41, 5.74) is 1.44. The fourth-order valence-electron chi connectivity index (χ4n) is 2.72. The molecule has 1 aliphatic carbocycles. The number of fused-ring (bicyclic) bond motifs is 1. The van der Waals surface area contributed by atoms with Crippen molar-refractivity contribution in [3.05, 3.63) is 33.8 Å². The summed E-state index contributed by atoms with van der Waals surface area (Å²) in [4.78, 5) is 23.5. The summed E-state index contributed by atoms with van der Waals surface area (Å²) in [6, 6.07) is 4.87. The molecule has 2 atom stereocenters. The van der Waals surface area contributed by atoms with Crippen molar-refractivity contribution in [2.45, 2.75) is 51.2 Å². The van der Waals surface area contributed by atoms with Gasteiger partial charge in [0.15, 0.2) is 0 Å². The van der Waals surface area contributed by atoms with E-state index in [9.17, 15) is 14.7 Å². The Kier molecular flexibility index (Phi) is 4.80. The topological polar surface area (TPSA) is 75.6 Å². The van der Waals surface area contributed by atoms with Gasteiger partial charge in [0, 0.05) is 10.4 Å². The highest BCUT2D eigenvalue weighted by Gasteiger charge is 2.36. The molecule has 0 fully saturated rings. The van der Waals surface area contributed by atoms with Gasteiger partial charge in [-0.2, -0.15) is 0 Å². The summed E-state index contributed by atoms with van der Waals surface area (Å²) in [7, 11) is 0. The Bertz CT molecular complexity index is 594. The number of carbonyl (C=O) groups excluding carboxylic acids is 1. The third-order valence-electron chi connectivity index (χ3n) is 3.57. The van der Waals surface area contributed by atoms with E-state index in [1.807, 2.05) is 18.2 Å². The molecule has 2 N–H and O–H groups in total. The molecule has 0 radical (unpaired) electrons. The van der Waals surface area contributed by atoms with Gasteiger partial charge in [0.1, 0.15) is 11.6 Å². The van der Waals surface area contributed by atoms with E-state index in [0.29, 0.717) is 6.42 Å². The predicted octanol–water partition coefficient (Wildman–Crippen LogP) is 3.46. The van der Waals surface area contributed by atoms with Crippen LogP contribution < -0.4 is 5.32 Å². The second-order valence-corrected chi connectivity index (χ2v) is 7.37. The van der Waals surface area contributed by atoms with Crippen LogP contribution in [0.3, 0.4) is 0 Å². The van der Waals surface area contributed by atoms with Crippen LogP contribution in [0.5, 0.6) is 0 Å². The second-order valence-electron chi connectivity index (χ2n) is 6.45. The summed E-state index contributed by atoms with van der Waals surface area (Å²) < 4.78 is 6.07. The Morgan fingerprint density at radius 1 is 1.41 bits per heavy atom. The van der Waals surface area contributed by atoms with Gasteiger partial charge in [-0.25, -0.2) is 9.59 Å². The predicted molar refractivity (Wildman–Crippen MR) is 86.0 cm³/mol. The Morgan fingerprint density at radius 2 is 2.09 bits per heavy atom. The molecular weight excluding hydrogens is 350 g/mol. The molecule has 1 aromatic rings. The maximum Gasteiger partial charge on any atom is 0.408 e. The zero-order valence-corrected chi connectivity index (χ0v) is 14.4. The van der Waals surface area contributed by atoms with Crippen molar-refractivity contribution in [3.8, 4) is 0 Å². The molecule has 5 nitrogen and oxygen atoms in total. The van der Waals surface area contributed by atoms with E-state index in [2.05, 4.69) is 21.2 Å². The van der Waals surface area contributed by atoms with Crippen molar-refractivity contribution in [2.75, 3.05) is 0 Å². The number of aryl methyl sites for hydroxylation is 1. The lowest BCUT2D eigenvalue weighted by Crippen LogP contribution is -2.46. The van der Waals surface area contributed by atoms with E-state index in [-0.39, 0.29) is 5.92 Å². The monoisotopic (exact) mass is 369 g/mol. The quantitative estimate of drug-likeness (QED) is 0.855. The molecule has 0 heterocycles. The third-order valence-corrected chi connectivity index (χ3v) is 4.07. The fraction of sp³-hybridized carbons (Fsp3) is 0.500. The van der Waals surface area contributed by atoms with Gasteiger partial charge < -0.3 is 15.2 Å². The van der Waals surface area contributed by atoms with E-state index >= 15 is 0 Å². The average molecular weight is 370 g/mol. The van der Waals surface area contributed by atoms with Crippen LogP contribution in [0, 0.1) is 0 Å². The molecule has 0 saturated carbocycles. The Balaban J connectivity index is 2.19. The van der Waals surface area contributed by atoms with Gasteiger partial charge in [0.05, 0.1) is 0 Å². The number of alkyl carbamates (subject to hydrolysis) is 1. The minimum atomic E-state index is -1.05. The van der Waals surface area contributed by atoms with Gasteiger partial charge in [-0.3, -0.25) is 0 Å². The van der Waals surface area contributed by atoms with Gasteiger partial charge in [-0.15, -0.1) is 0 Å². The number of nitrogens with one attached hydrogen (secondary N) is 1. The second kappa shape index (κ2) is 6.28. The lowest BCUT2D eigenvalue weighted by molar-refractivity contribution is -0.140. The first-order chi connectivity index (χ1) is 10.2. The molecule has 22 heavy (non-hydrogen) atoms. The molecule has 1 aliphatic rings. The number of benzene rings is 1. The van der Waals surface area contributed by atoms with Gasteiger partial charge in [0.2, 0.25) is 0 Å². The largest absolute Gasteiger partial charge is 0.480 e. The lowest BCUT2D eigenvalue weighted by atomic mass is 9.93. The number of carbonyl (C=O) groups is 2. The van der Waals surface area contributed by atoms with Crippen molar-refractivity contribution >= 4 is 28.0 Å². The number of hydrogen-bond acceptors (Lipinski definition) is 3. The van der Waals surface area contributed by atoms with Crippen LogP contribution in [0.15, 0.2) is 22.7 Å². The SMILES string of the molecule is CC(C)(C)OC(=O)NC(C(=O)O)C1CCc2ccc(Br)cc21. The van der Waals surface area contributed by atoms with Gasteiger partial charge >= 0.3 is 12.1 Å². The molecule has 0 aromatic heterocycles. The lowest BCUT2D eigenvalue weighted by Gasteiger charge is -2.25. The number of amides is 1. The molecule has 0 saturated heterocycles. The van der Waals surface area contributed by atoms with Gasteiger partial charge in [-0.05, 0) is 56.9 Å². The zero-order chi connectivity index (χ0) is 16.5. The molecule has 0 spiro atoms. The first-order valence-electron chi connectivity index (χ1n) is 7.18. The molecule has 1 amide bonds. The van der Waals surface area contributed by atoms with Crippen LogP contribution in [0.1, 0.15) is 44.2 Å². The molecule has 2 rings (SSSR count). The molecule has 2 unspecified atom stereocenters. The minimum absolute atomic E-state index is 0.252. The summed E-state index contributed by atoms with van der Waals surface area (Å²) in [5.74, 6) is -1.30. The van der Waals surface area contributed by atoms with Crippen molar-refractivity contribution in [1.29, 1.82) is 0 Å². The van der Waals surface area contributed by atoms with Crippen molar-refractivity contribution in [1.82, 2.24) is 5.32 Å².